The summed E-state index contributed by atoms with van der Waals surface area (Å²) in [5.74, 6) is -0.866. The van der Waals surface area contributed by atoms with Crippen LogP contribution >= 0.6 is 0 Å². The van der Waals surface area contributed by atoms with Crippen LogP contribution in [0.25, 0.3) is 0 Å². The first-order valence-electron chi connectivity index (χ1n) is 7.08. The Morgan fingerprint density at radius 3 is 2.42 bits per heavy atom. The summed E-state index contributed by atoms with van der Waals surface area (Å²) in [6.07, 6.45) is 7.68. The largest absolute Gasteiger partial charge is 0.459 e. The molecular formula is C15H26O4. The van der Waals surface area contributed by atoms with E-state index in [0.29, 0.717) is 6.42 Å². The first kappa shape index (κ1) is 17.7. The lowest BCUT2D eigenvalue weighted by atomic mass is 10.1. The standard InChI is InChI=1S/C15H26O4/c1-4-6-7-8-9-10-11-14(16)19-13(3)15(17)18-12-5-2/h5,13H,2,4,6-12H2,1,3H3. The molecule has 0 aliphatic heterocycles. The zero-order valence-corrected chi connectivity index (χ0v) is 12.2. The number of hydrogen-bond donors (Lipinski definition) is 0. The Morgan fingerprint density at radius 1 is 1.16 bits per heavy atom. The van der Waals surface area contributed by atoms with Crippen molar-refractivity contribution in [2.45, 2.75) is 64.9 Å². The van der Waals surface area contributed by atoms with Crippen LogP contribution in [0.3, 0.4) is 0 Å². The van der Waals surface area contributed by atoms with Crippen molar-refractivity contribution in [3.05, 3.63) is 12.7 Å². The number of carbonyl (C=O) groups excluding carboxylic acids is 2. The maximum absolute atomic E-state index is 11.5. The fourth-order valence-corrected chi connectivity index (χ4v) is 1.61. The normalized spacial score (nSPS) is 11.7. The van der Waals surface area contributed by atoms with E-state index in [-0.39, 0.29) is 12.6 Å². The van der Waals surface area contributed by atoms with Crippen LogP contribution in [0.2, 0.25) is 0 Å². The monoisotopic (exact) mass is 270 g/mol. The van der Waals surface area contributed by atoms with E-state index in [1.54, 1.807) is 0 Å². The van der Waals surface area contributed by atoms with Gasteiger partial charge in [0.05, 0.1) is 0 Å². The first-order chi connectivity index (χ1) is 9.11. The van der Waals surface area contributed by atoms with Gasteiger partial charge in [0.15, 0.2) is 6.10 Å². The minimum absolute atomic E-state index is 0.137. The third kappa shape index (κ3) is 10.3. The average molecular weight is 270 g/mol. The van der Waals surface area contributed by atoms with E-state index in [4.69, 9.17) is 9.47 Å². The zero-order chi connectivity index (χ0) is 14.5. The van der Waals surface area contributed by atoms with E-state index in [9.17, 15) is 9.59 Å². The summed E-state index contributed by atoms with van der Waals surface area (Å²) in [5.41, 5.74) is 0. The highest BCUT2D eigenvalue weighted by Crippen LogP contribution is 2.08. The zero-order valence-electron chi connectivity index (χ0n) is 12.2. The summed E-state index contributed by atoms with van der Waals surface area (Å²) >= 11 is 0. The lowest BCUT2D eigenvalue weighted by Crippen LogP contribution is -2.26. The molecule has 0 aliphatic carbocycles. The van der Waals surface area contributed by atoms with Crippen LogP contribution in [0.1, 0.15) is 58.8 Å². The van der Waals surface area contributed by atoms with Crippen molar-refractivity contribution in [2.24, 2.45) is 0 Å². The van der Waals surface area contributed by atoms with E-state index in [1.807, 2.05) is 0 Å². The molecule has 1 unspecified atom stereocenters. The van der Waals surface area contributed by atoms with Crippen LogP contribution in [0, 0.1) is 0 Å². The fraction of sp³-hybridized carbons (Fsp3) is 0.733. The van der Waals surface area contributed by atoms with Crippen LogP contribution in [0.4, 0.5) is 0 Å². The minimum atomic E-state index is -0.840. The van der Waals surface area contributed by atoms with Crippen molar-refractivity contribution in [1.82, 2.24) is 0 Å². The summed E-state index contributed by atoms with van der Waals surface area (Å²) in [7, 11) is 0. The summed E-state index contributed by atoms with van der Waals surface area (Å²) in [6.45, 7) is 7.27. The van der Waals surface area contributed by atoms with Crippen molar-refractivity contribution in [2.75, 3.05) is 6.61 Å². The fourth-order valence-electron chi connectivity index (χ4n) is 1.61. The van der Waals surface area contributed by atoms with Crippen LogP contribution in [0.5, 0.6) is 0 Å². The van der Waals surface area contributed by atoms with Crippen molar-refractivity contribution in [1.29, 1.82) is 0 Å². The van der Waals surface area contributed by atoms with Gasteiger partial charge in [0.1, 0.15) is 6.61 Å². The molecule has 0 aromatic heterocycles. The van der Waals surface area contributed by atoms with Crippen molar-refractivity contribution < 1.29 is 19.1 Å². The van der Waals surface area contributed by atoms with E-state index in [1.165, 1.54) is 32.3 Å². The molecule has 4 heteroatoms. The maximum atomic E-state index is 11.5. The van der Waals surface area contributed by atoms with Crippen molar-refractivity contribution in [3.63, 3.8) is 0 Å². The van der Waals surface area contributed by atoms with Crippen molar-refractivity contribution >= 4 is 11.9 Å². The highest BCUT2D eigenvalue weighted by Gasteiger charge is 2.18. The van der Waals surface area contributed by atoms with Gasteiger partial charge >= 0.3 is 11.9 Å². The third-order valence-corrected chi connectivity index (χ3v) is 2.72. The highest BCUT2D eigenvalue weighted by atomic mass is 16.6. The van der Waals surface area contributed by atoms with E-state index in [0.717, 1.165) is 19.3 Å². The quantitative estimate of drug-likeness (QED) is 0.328. The Morgan fingerprint density at radius 2 is 1.79 bits per heavy atom. The molecule has 19 heavy (non-hydrogen) atoms. The molecule has 0 N–H and O–H groups in total. The van der Waals surface area contributed by atoms with E-state index >= 15 is 0 Å². The predicted molar refractivity (Wildman–Crippen MR) is 74.7 cm³/mol. The predicted octanol–water partition coefficient (Wildman–Crippen LogP) is 3.40. The molecule has 1 atom stereocenters. The lowest BCUT2D eigenvalue weighted by Gasteiger charge is -2.11. The molecule has 0 aromatic carbocycles. The van der Waals surface area contributed by atoms with Crippen LogP contribution < -0.4 is 0 Å². The molecule has 0 aliphatic rings. The Kier molecular flexibility index (Phi) is 10.9. The topological polar surface area (TPSA) is 52.6 Å². The molecule has 0 aromatic rings. The second kappa shape index (κ2) is 11.8. The van der Waals surface area contributed by atoms with Gasteiger partial charge in [0, 0.05) is 6.42 Å². The molecule has 110 valence electrons. The van der Waals surface area contributed by atoms with Gasteiger partial charge in [-0.1, -0.05) is 51.7 Å². The summed E-state index contributed by atoms with van der Waals surface area (Å²) in [6, 6.07) is 0. The molecule has 0 fully saturated rings. The number of unbranched alkanes of at least 4 members (excludes halogenated alkanes) is 5. The number of esters is 2. The van der Waals surface area contributed by atoms with Gasteiger partial charge < -0.3 is 9.47 Å². The molecule has 0 spiro atoms. The summed E-state index contributed by atoms with van der Waals surface area (Å²) in [4.78, 5) is 22.8. The maximum Gasteiger partial charge on any atom is 0.347 e. The first-order valence-corrected chi connectivity index (χ1v) is 7.08. The highest BCUT2D eigenvalue weighted by molar-refractivity contribution is 5.79. The molecule has 0 saturated carbocycles. The molecule has 0 saturated heterocycles. The molecular weight excluding hydrogens is 244 g/mol. The van der Waals surface area contributed by atoms with Gasteiger partial charge in [-0.15, -0.1) is 0 Å². The Balaban J connectivity index is 3.61. The smallest absolute Gasteiger partial charge is 0.347 e. The third-order valence-electron chi connectivity index (χ3n) is 2.72. The molecule has 4 nitrogen and oxygen atoms in total. The van der Waals surface area contributed by atoms with Gasteiger partial charge in [-0.05, 0) is 13.3 Å². The van der Waals surface area contributed by atoms with Gasteiger partial charge in [-0.25, -0.2) is 4.79 Å². The molecule has 0 amide bonds. The van der Waals surface area contributed by atoms with Gasteiger partial charge in [-0.2, -0.15) is 0 Å². The summed E-state index contributed by atoms with van der Waals surface area (Å²) < 4.78 is 9.78. The Labute approximate surface area is 116 Å². The second-order valence-corrected chi connectivity index (χ2v) is 4.57. The minimum Gasteiger partial charge on any atom is -0.459 e. The average Bonchev–Trinajstić information content (AvgIpc) is 2.39. The van der Waals surface area contributed by atoms with Gasteiger partial charge in [0.25, 0.3) is 0 Å². The van der Waals surface area contributed by atoms with Crippen LogP contribution in [-0.4, -0.2) is 24.6 Å². The Bertz CT molecular complexity index is 273. The lowest BCUT2D eigenvalue weighted by molar-refractivity contribution is -0.165. The van der Waals surface area contributed by atoms with Gasteiger partial charge in [-0.3, -0.25) is 4.79 Å². The number of hydrogen-bond acceptors (Lipinski definition) is 4. The molecule has 0 radical (unpaired) electrons. The number of ether oxygens (including phenoxy) is 2. The van der Waals surface area contributed by atoms with E-state index < -0.39 is 12.1 Å². The number of rotatable bonds is 11. The summed E-state index contributed by atoms with van der Waals surface area (Å²) in [5, 5.41) is 0. The molecule has 0 rings (SSSR count). The molecule has 0 heterocycles. The SMILES string of the molecule is C=CCOC(=O)C(C)OC(=O)CCCCCCCC. The van der Waals surface area contributed by atoms with Crippen LogP contribution in [0.15, 0.2) is 12.7 Å². The molecule has 0 bridgehead atoms. The van der Waals surface area contributed by atoms with Crippen molar-refractivity contribution in [3.8, 4) is 0 Å². The van der Waals surface area contributed by atoms with Crippen LogP contribution in [-0.2, 0) is 19.1 Å². The number of carbonyl (C=O) groups is 2. The van der Waals surface area contributed by atoms with E-state index in [2.05, 4.69) is 13.5 Å². The Hall–Kier alpha value is -1.32. The van der Waals surface area contributed by atoms with Gasteiger partial charge in [0.2, 0.25) is 0 Å². The second-order valence-electron chi connectivity index (χ2n) is 4.57.